The summed E-state index contributed by atoms with van der Waals surface area (Å²) in [4.78, 5) is 12.3. The molecule has 0 aliphatic carbocycles. The van der Waals surface area contributed by atoms with Crippen LogP contribution in [0.3, 0.4) is 0 Å². The Bertz CT molecular complexity index is 833. The van der Waals surface area contributed by atoms with Gasteiger partial charge in [-0.25, -0.2) is 4.39 Å². The van der Waals surface area contributed by atoms with Gasteiger partial charge in [0.1, 0.15) is 5.82 Å². The number of carbonyl (C=O) groups excluding carboxylic acids is 1. The third-order valence-electron chi connectivity index (χ3n) is 3.51. The lowest BCUT2D eigenvalue weighted by Gasteiger charge is -2.16. The zero-order chi connectivity index (χ0) is 17.8. The molecule has 2 heterocycles. The summed E-state index contributed by atoms with van der Waals surface area (Å²) in [6.45, 7) is 3.58. The zero-order valence-corrected chi connectivity index (χ0v) is 14.4. The number of carbonyl (C=O) groups is 1. The van der Waals surface area contributed by atoms with Gasteiger partial charge in [0.2, 0.25) is 5.91 Å². The number of rotatable bonds is 6. The Balaban J connectivity index is 1.58. The van der Waals surface area contributed by atoms with Crippen LogP contribution in [0.4, 0.5) is 4.39 Å². The van der Waals surface area contributed by atoms with Crippen LogP contribution < -0.4 is 5.32 Å². The van der Waals surface area contributed by atoms with Crippen LogP contribution in [0.15, 0.2) is 56.7 Å². The molecule has 0 bridgehead atoms. The number of benzene rings is 1. The molecule has 0 aliphatic rings. The van der Waals surface area contributed by atoms with Crippen molar-refractivity contribution in [2.45, 2.75) is 30.4 Å². The van der Waals surface area contributed by atoms with Crippen LogP contribution in [0.2, 0.25) is 0 Å². The predicted octanol–water partition coefficient (Wildman–Crippen LogP) is 3.83. The van der Waals surface area contributed by atoms with Gasteiger partial charge in [-0.1, -0.05) is 23.9 Å². The average Bonchev–Trinajstić information content (AvgIpc) is 3.26. The Morgan fingerprint density at radius 3 is 2.64 bits per heavy atom. The molecule has 1 aromatic carbocycles. The lowest BCUT2D eigenvalue weighted by Crippen LogP contribution is -2.33. The van der Waals surface area contributed by atoms with E-state index in [-0.39, 0.29) is 28.9 Å². The summed E-state index contributed by atoms with van der Waals surface area (Å²) >= 11 is 1.16. The minimum atomic E-state index is -0.437. The average molecular weight is 361 g/mol. The van der Waals surface area contributed by atoms with E-state index in [0.29, 0.717) is 5.76 Å². The molecular formula is C17H16FN3O3S. The zero-order valence-electron chi connectivity index (χ0n) is 13.6. The van der Waals surface area contributed by atoms with Crippen molar-refractivity contribution in [3.63, 3.8) is 0 Å². The smallest absolute Gasteiger partial charge is 0.284 e. The molecule has 0 radical (unpaired) electrons. The van der Waals surface area contributed by atoms with E-state index < -0.39 is 5.25 Å². The van der Waals surface area contributed by atoms with Crippen LogP contribution in [-0.4, -0.2) is 21.4 Å². The van der Waals surface area contributed by atoms with E-state index in [4.69, 9.17) is 8.83 Å². The highest BCUT2D eigenvalue weighted by atomic mass is 32.2. The van der Waals surface area contributed by atoms with Gasteiger partial charge in [-0.15, -0.1) is 10.2 Å². The molecule has 1 amide bonds. The van der Waals surface area contributed by atoms with E-state index in [1.54, 1.807) is 31.2 Å². The summed E-state index contributed by atoms with van der Waals surface area (Å²) in [5, 5.41) is 10.5. The molecule has 0 unspecified atom stereocenters. The minimum Gasteiger partial charge on any atom is -0.459 e. The Hall–Kier alpha value is -2.61. The predicted molar refractivity (Wildman–Crippen MR) is 90.3 cm³/mol. The first-order valence-corrected chi connectivity index (χ1v) is 8.51. The second-order valence-corrected chi connectivity index (χ2v) is 6.68. The van der Waals surface area contributed by atoms with Crippen molar-refractivity contribution < 1.29 is 18.0 Å². The Kier molecular flexibility index (Phi) is 5.18. The maximum atomic E-state index is 13.0. The number of nitrogens with one attached hydrogen (secondary N) is 1. The maximum absolute atomic E-state index is 13.0. The molecule has 25 heavy (non-hydrogen) atoms. The molecule has 1 N–H and O–H groups in total. The molecule has 3 aromatic rings. The standard InChI is InChI=1S/C17H16FN3O3S/c1-10(12-5-7-13(18)8-6-12)19-15(22)11(2)25-17-21-20-16(24-17)14-4-3-9-23-14/h3-11H,1-2H3,(H,19,22)/t10-,11+/m0/s1. The normalized spacial score (nSPS) is 13.4. The Labute approximate surface area is 147 Å². The summed E-state index contributed by atoms with van der Waals surface area (Å²) in [6.07, 6.45) is 1.51. The van der Waals surface area contributed by atoms with Crippen LogP contribution in [0.25, 0.3) is 11.7 Å². The number of thioether (sulfide) groups is 1. The topological polar surface area (TPSA) is 81.2 Å². The van der Waals surface area contributed by atoms with Gasteiger partial charge in [0.25, 0.3) is 11.1 Å². The van der Waals surface area contributed by atoms with Gasteiger partial charge in [0.15, 0.2) is 5.76 Å². The van der Waals surface area contributed by atoms with E-state index in [2.05, 4.69) is 15.5 Å². The highest BCUT2D eigenvalue weighted by Gasteiger charge is 2.21. The van der Waals surface area contributed by atoms with Gasteiger partial charge in [-0.3, -0.25) is 4.79 Å². The number of amides is 1. The highest BCUT2D eigenvalue weighted by molar-refractivity contribution is 8.00. The van der Waals surface area contributed by atoms with Gasteiger partial charge in [-0.2, -0.15) is 0 Å². The second-order valence-electron chi connectivity index (χ2n) is 5.39. The molecule has 2 atom stereocenters. The van der Waals surface area contributed by atoms with E-state index in [9.17, 15) is 9.18 Å². The van der Waals surface area contributed by atoms with E-state index in [0.717, 1.165) is 17.3 Å². The lowest BCUT2D eigenvalue weighted by atomic mass is 10.1. The number of furan rings is 1. The SMILES string of the molecule is C[C@H](NC(=O)[C@@H](C)Sc1nnc(-c2ccco2)o1)c1ccc(F)cc1. The Morgan fingerprint density at radius 2 is 1.96 bits per heavy atom. The molecule has 0 spiro atoms. The summed E-state index contributed by atoms with van der Waals surface area (Å²) in [5.41, 5.74) is 0.824. The fourth-order valence-electron chi connectivity index (χ4n) is 2.13. The number of halogens is 1. The van der Waals surface area contributed by atoms with Crippen LogP contribution in [0.1, 0.15) is 25.5 Å². The van der Waals surface area contributed by atoms with Crippen molar-refractivity contribution in [3.05, 3.63) is 54.0 Å². The number of aromatic nitrogens is 2. The van der Waals surface area contributed by atoms with Gasteiger partial charge in [-0.05, 0) is 43.7 Å². The first-order valence-electron chi connectivity index (χ1n) is 7.63. The molecule has 2 aromatic heterocycles. The van der Waals surface area contributed by atoms with Gasteiger partial charge in [0, 0.05) is 0 Å². The first-order chi connectivity index (χ1) is 12.0. The lowest BCUT2D eigenvalue weighted by molar-refractivity contribution is -0.120. The van der Waals surface area contributed by atoms with Crippen LogP contribution in [0, 0.1) is 5.82 Å². The minimum absolute atomic E-state index is 0.181. The number of hydrogen-bond acceptors (Lipinski definition) is 6. The van der Waals surface area contributed by atoms with Crippen molar-refractivity contribution in [2.75, 3.05) is 0 Å². The molecule has 3 rings (SSSR count). The fraction of sp³-hybridized carbons (Fsp3) is 0.235. The second kappa shape index (κ2) is 7.52. The number of hydrogen-bond donors (Lipinski definition) is 1. The summed E-state index contributed by atoms with van der Waals surface area (Å²) in [6, 6.07) is 9.21. The largest absolute Gasteiger partial charge is 0.459 e. The molecule has 0 saturated carbocycles. The summed E-state index contributed by atoms with van der Waals surface area (Å²) < 4.78 is 23.6. The summed E-state index contributed by atoms with van der Waals surface area (Å²) in [7, 11) is 0. The van der Waals surface area contributed by atoms with E-state index in [1.807, 2.05) is 6.92 Å². The fourth-order valence-corrected chi connectivity index (χ4v) is 2.82. The quantitative estimate of drug-likeness (QED) is 0.672. The molecule has 0 fully saturated rings. The van der Waals surface area contributed by atoms with Gasteiger partial charge < -0.3 is 14.2 Å². The first kappa shape index (κ1) is 17.2. The third-order valence-corrected chi connectivity index (χ3v) is 4.45. The van der Waals surface area contributed by atoms with Crippen molar-refractivity contribution in [3.8, 4) is 11.7 Å². The van der Waals surface area contributed by atoms with Crippen molar-refractivity contribution in [2.24, 2.45) is 0 Å². The van der Waals surface area contributed by atoms with Crippen molar-refractivity contribution in [1.29, 1.82) is 0 Å². The maximum Gasteiger partial charge on any atom is 0.284 e. The number of nitrogens with zero attached hydrogens (tertiary/aromatic N) is 2. The third kappa shape index (κ3) is 4.27. The van der Waals surface area contributed by atoms with Crippen molar-refractivity contribution in [1.82, 2.24) is 15.5 Å². The van der Waals surface area contributed by atoms with Crippen LogP contribution in [-0.2, 0) is 4.79 Å². The van der Waals surface area contributed by atoms with Gasteiger partial charge >= 0.3 is 0 Å². The Morgan fingerprint density at radius 1 is 1.20 bits per heavy atom. The summed E-state index contributed by atoms with van der Waals surface area (Å²) in [5.74, 6) is 0.246. The van der Waals surface area contributed by atoms with Gasteiger partial charge in [0.05, 0.1) is 17.6 Å². The molecule has 130 valence electrons. The molecule has 8 heteroatoms. The molecule has 0 aliphatic heterocycles. The molecule has 0 saturated heterocycles. The van der Waals surface area contributed by atoms with Crippen molar-refractivity contribution >= 4 is 17.7 Å². The highest BCUT2D eigenvalue weighted by Crippen LogP contribution is 2.26. The molecule has 6 nitrogen and oxygen atoms in total. The van der Waals surface area contributed by atoms with E-state index in [1.165, 1.54) is 18.4 Å². The van der Waals surface area contributed by atoms with Crippen LogP contribution in [0.5, 0.6) is 0 Å². The van der Waals surface area contributed by atoms with Crippen LogP contribution >= 0.6 is 11.8 Å². The van der Waals surface area contributed by atoms with E-state index >= 15 is 0 Å². The monoisotopic (exact) mass is 361 g/mol. The molecular weight excluding hydrogens is 345 g/mol.